The standard InChI is InChI=1S/C30H36ClN5O3/c1-30(13-3-4-14-30)39-29(38)34(2)26-20-36(19-25(26)22-6-8-24(31)9-7-22)28(37)23-11-15-35(16-12-23)27-10-5-21(17-32)18-33-27/h5-10,18,23,25-26H,3-4,11-16,19-20H2,1-2H3/t25-,26+/m0/s1. The van der Waals surface area contributed by atoms with Crippen LogP contribution in [-0.2, 0) is 9.53 Å². The summed E-state index contributed by atoms with van der Waals surface area (Å²) < 4.78 is 5.99. The molecule has 2 atom stereocenters. The van der Waals surface area contributed by atoms with Crippen LogP contribution < -0.4 is 4.90 Å². The first-order valence-corrected chi connectivity index (χ1v) is 14.3. The second kappa shape index (κ2) is 11.4. The molecule has 1 aromatic carbocycles. The van der Waals surface area contributed by atoms with Gasteiger partial charge in [-0.25, -0.2) is 9.78 Å². The number of carbonyl (C=O) groups excluding carboxylic acids is 2. The van der Waals surface area contributed by atoms with Crippen LogP contribution in [0.4, 0.5) is 10.6 Å². The fourth-order valence-corrected chi connectivity index (χ4v) is 6.42. The number of hydrogen-bond donors (Lipinski definition) is 0. The van der Waals surface area contributed by atoms with Crippen LogP contribution in [0.1, 0.15) is 62.5 Å². The molecule has 1 saturated carbocycles. The molecule has 1 aliphatic carbocycles. The third-order valence-corrected chi connectivity index (χ3v) is 8.98. The van der Waals surface area contributed by atoms with Gasteiger partial charge in [0.05, 0.1) is 11.6 Å². The lowest BCUT2D eigenvalue weighted by Crippen LogP contribution is -2.46. The van der Waals surface area contributed by atoms with Gasteiger partial charge in [0.1, 0.15) is 17.5 Å². The number of anilines is 1. The highest BCUT2D eigenvalue weighted by molar-refractivity contribution is 6.30. The molecule has 8 nitrogen and oxygen atoms in total. The Morgan fingerprint density at radius 2 is 1.79 bits per heavy atom. The van der Waals surface area contributed by atoms with Gasteiger partial charge in [-0.2, -0.15) is 5.26 Å². The molecule has 2 aromatic rings. The molecule has 0 unspecified atom stereocenters. The quantitative estimate of drug-likeness (QED) is 0.508. The third-order valence-electron chi connectivity index (χ3n) is 8.72. The van der Waals surface area contributed by atoms with E-state index in [1.54, 1.807) is 24.2 Å². The highest BCUT2D eigenvalue weighted by Crippen LogP contribution is 2.36. The van der Waals surface area contributed by atoms with E-state index in [1.165, 1.54) is 0 Å². The molecule has 2 saturated heterocycles. The number of ether oxygens (including phenoxy) is 1. The summed E-state index contributed by atoms with van der Waals surface area (Å²) in [7, 11) is 1.80. The predicted molar refractivity (Wildman–Crippen MR) is 150 cm³/mol. The van der Waals surface area contributed by atoms with E-state index in [9.17, 15) is 9.59 Å². The molecule has 39 heavy (non-hydrogen) atoms. The van der Waals surface area contributed by atoms with Crippen molar-refractivity contribution >= 4 is 29.4 Å². The summed E-state index contributed by atoms with van der Waals surface area (Å²) >= 11 is 6.16. The fraction of sp³-hybridized carbons (Fsp3) is 0.533. The van der Waals surface area contributed by atoms with Crippen LogP contribution in [0.5, 0.6) is 0 Å². The summed E-state index contributed by atoms with van der Waals surface area (Å²) in [6, 6.07) is 13.3. The zero-order valence-corrected chi connectivity index (χ0v) is 23.4. The lowest BCUT2D eigenvalue weighted by molar-refractivity contribution is -0.135. The molecule has 0 N–H and O–H groups in total. The lowest BCUT2D eigenvalue weighted by Gasteiger charge is -2.34. The highest BCUT2D eigenvalue weighted by Gasteiger charge is 2.43. The second-order valence-electron chi connectivity index (χ2n) is 11.4. The van der Waals surface area contributed by atoms with Gasteiger partial charge in [-0.15, -0.1) is 0 Å². The summed E-state index contributed by atoms with van der Waals surface area (Å²) in [5, 5.41) is 9.68. The van der Waals surface area contributed by atoms with E-state index in [0.29, 0.717) is 23.7 Å². The van der Waals surface area contributed by atoms with Crippen molar-refractivity contribution in [3.8, 4) is 6.07 Å². The molecule has 1 aromatic heterocycles. The molecule has 0 bridgehead atoms. The maximum atomic E-state index is 13.7. The van der Waals surface area contributed by atoms with Crippen LogP contribution in [-0.4, -0.2) is 71.7 Å². The molecule has 3 fully saturated rings. The summed E-state index contributed by atoms with van der Waals surface area (Å²) in [6.07, 6.45) is 6.67. The number of halogens is 1. The van der Waals surface area contributed by atoms with Crippen molar-refractivity contribution < 1.29 is 14.3 Å². The Hall–Kier alpha value is -3.31. The van der Waals surface area contributed by atoms with Crippen molar-refractivity contribution in [1.82, 2.24) is 14.8 Å². The molecule has 5 rings (SSSR count). The van der Waals surface area contributed by atoms with Gasteiger partial charge in [0.2, 0.25) is 5.91 Å². The van der Waals surface area contributed by atoms with Gasteiger partial charge < -0.3 is 19.4 Å². The van der Waals surface area contributed by atoms with Gasteiger partial charge in [0.25, 0.3) is 0 Å². The minimum Gasteiger partial charge on any atom is -0.443 e. The third kappa shape index (κ3) is 5.99. The van der Waals surface area contributed by atoms with E-state index in [2.05, 4.69) is 16.0 Å². The van der Waals surface area contributed by atoms with E-state index in [1.807, 2.05) is 42.2 Å². The number of likely N-dealkylation sites (tertiary alicyclic amines) is 1. The Bertz CT molecular complexity index is 1210. The predicted octanol–water partition coefficient (Wildman–Crippen LogP) is 5.22. The normalized spacial score (nSPS) is 22.9. The van der Waals surface area contributed by atoms with Crippen molar-refractivity contribution in [2.24, 2.45) is 5.92 Å². The van der Waals surface area contributed by atoms with Crippen LogP contribution >= 0.6 is 11.6 Å². The highest BCUT2D eigenvalue weighted by atomic mass is 35.5. The maximum absolute atomic E-state index is 13.7. The van der Waals surface area contributed by atoms with Gasteiger partial charge in [-0.1, -0.05) is 23.7 Å². The van der Waals surface area contributed by atoms with Gasteiger partial charge in [-0.3, -0.25) is 4.79 Å². The number of likely N-dealkylation sites (N-methyl/N-ethyl adjacent to an activating group) is 1. The number of hydrogen-bond acceptors (Lipinski definition) is 6. The fourth-order valence-electron chi connectivity index (χ4n) is 6.29. The SMILES string of the molecule is CN(C(=O)OC1(C)CCCC1)[C@@H]1CN(C(=O)C2CCN(c3ccc(C#N)cn3)CC2)C[C@H]1c1ccc(Cl)cc1. The minimum atomic E-state index is -0.410. The number of benzene rings is 1. The monoisotopic (exact) mass is 549 g/mol. The van der Waals surface area contributed by atoms with Crippen LogP contribution in [0.25, 0.3) is 0 Å². The number of piperidine rings is 1. The van der Waals surface area contributed by atoms with Crippen LogP contribution in [0.2, 0.25) is 5.02 Å². The molecule has 206 valence electrons. The average Bonchev–Trinajstić information content (AvgIpc) is 3.59. The van der Waals surface area contributed by atoms with E-state index >= 15 is 0 Å². The summed E-state index contributed by atoms with van der Waals surface area (Å²) in [6.45, 7) is 4.52. The summed E-state index contributed by atoms with van der Waals surface area (Å²) in [5.74, 6) is 0.885. The van der Waals surface area contributed by atoms with E-state index in [-0.39, 0.29) is 29.9 Å². The zero-order chi connectivity index (χ0) is 27.6. The van der Waals surface area contributed by atoms with E-state index < -0.39 is 5.60 Å². The number of pyridine rings is 1. The topological polar surface area (TPSA) is 89.8 Å². The number of carbonyl (C=O) groups is 2. The summed E-state index contributed by atoms with van der Waals surface area (Å²) in [4.78, 5) is 37.2. The molecule has 2 aliphatic heterocycles. The zero-order valence-electron chi connectivity index (χ0n) is 22.7. The van der Waals surface area contributed by atoms with Gasteiger partial charge >= 0.3 is 6.09 Å². The molecule has 9 heteroatoms. The first kappa shape index (κ1) is 27.3. The first-order valence-electron chi connectivity index (χ1n) is 13.9. The van der Waals surface area contributed by atoms with Crippen molar-refractivity contribution in [1.29, 1.82) is 5.26 Å². The first-order chi connectivity index (χ1) is 18.8. The number of rotatable bonds is 5. The van der Waals surface area contributed by atoms with Crippen LogP contribution in [0.3, 0.4) is 0 Å². The van der Waals surface area contributed by atoms with Crippen LogP contribution in [0.15, 0.2) is 42.6 Å². The molecule has 0 radical (unpaired) electrons. The van der Waals surface area contributed by atoms with Crippen molar-refractivity contribution in [2.75, 3.05) is 38.1 Å². The van der Waals surface area contributed by atoms with Crippen molar-refractivity contribution in [2.45, 2.75) is 63.0 Å². The van der Waals surface area contributed by atoms with E-state index in [4.69, 9.17) is 21.6 Å². The Labute approximate surface area is 235 Å². The Balaban J connectivity index is 1.26. The van der Waals surface area contributed by atoms with Crippen molar-refractivity contribution in [3.05, 3.63) is 58.7 Å². The minimum absolute atomic E-state index is 0.0249. The van der Waals surface area contributed by atoms with Gasteiger partial charge in [0.15, 0.2) is 0 Å². The second-order valence-corrected chi connectivity index (χ2v) is 11.8. The van der Waals surface area contributed by atoms with E-state index in [0.717, 1.165) is 63.0 Å². The molecular formula is C30H36ClN5O3. The van der Waals surface area contributed by atoms with Crippen LogP contribution in [0, 0.1) is 17.2 Å². The summed E-state index contributed by atoms with van der Waals surface area (Å²) in [5.41, 5.74) is 1.19. The van der Waals surface area contributed by atoms with Gasteiger partial charge in [-0.05, 0) is 75.3 Å². The van der Waals surface area contributed by atoms with Gasteiger partial charge in [0, 0.05) is 56.3 Å². The lowest BCUT2D eigenvalue weighted by atomic mass is 9.93. The molecule has 2 amide bonds. The smallest absolute Gasteiger partial charge is 0.410 e. The Kier molecular flexibility index (Phi) is 7.99. The molecule has 0 spiro atoms. The molecule has 3 aliphatic rings. The Morgan fingerprint density at radius 3 is 2.41 bits per heavy atom. The number of amides is 2. The molecule has 3 heterocycles. The maximum Gasteiger partial charge on any atom is 0.410 e. The largest absolute Gasteiger partial charge is 0.443 e. The average molecular weight is 550 g/mol. The number of nitrogens with zero attached hydrogens (tertiary/aromatic N) is 5. The Morgan fingerprint density at radius 1 is 1.10 bits per heavy atom. The van der Waals surface area contributed by atoms with Crippen molar-refractivity contribution in [3.63, 3.8) is 0 Å². The number of nitriles is 1. The number of aromatic nitrogens is 1. The molecular weight excluding hydrogens is 514 g/mol.